The number of allylic oxidation sites excluding steroid dienone is 1. The van der Waals surface area contributed by atoms with Gasteiger partial charge in [0.05, 0.1) is 39.0 Å². The van der Waals surface area contributed by atoms with Crippen LogP contribution in [0.1, 0.15) is 119 Å². The maximum atomic E-state index is 12.1. The van der Waals surface area contributed by atoms with Crippen LogP contribution in [0, 0.1) is 46.3 Å². The number of rotatable bonds is 15. The van der Waals surface area contributed by atoms with Gasteiger partial charge in [-0.25, -0.2) is 0 Å². The molecule has 0 heterocycles. The molecule has 6 nitrogen and oxygen atoms in total. The van der Waals surface area contributed by atoms with Crippen LogP contribution in [0.4, 0.5) is 0 Å². The molecule has 43 heavy (non-hydrogen) atoms. The standard InChI is InChI=1S/C37H63NO5/c1-8-41-34(39)24-38(25-35(40)42-9-2)21-22-43-29-17-19-36(6)28(23-29)13-14-30-32-16-15-31(27(5)12-10-11-26(3)4)37(32,7)20-18-33(30)36/h13,26-27,29-33H,8-12,14-25H2,1-7H3/t27-,29+,30+,31-,32?,33?,36+,37-/m1/s1. The Morgan fingerprint density at radius 2 is 1.63 bits per heavy atom. The average molecular weight is 602 g/mol. The van der Waals surface area contributed by atoms with Crippen molar-refractivity contribution >= 4 is 11.9 Å². The van der Waals surface area contributed by atoms with Gasteiger partial charge in [0.15, 0.2) is 0 Å². The maximum absolute atomic E-state index is 12.1. The van der Waals surface area contributed by atoms with Crippen molar-refractivity contribution in [1.82, 2.24) is 4.90 Å². The van der Waals surface area contributed by atoms with E-state index in [0.29, 0.717) is 37.2 Å². The topological polar surface area (TPSA) is 65.1 Å². The Hall–Kier alpha value is -1.40. The summed E-state index contributed by atoms with van der Waals surface area (Å²) in [7, 11) is 0. The summed E-state index contributed by atoms with van der Waals surface area (Å²) in [5, 5.41) is 0. The van der Waals surface area contributed by atoms with Gasteiger partial charge in [-0.05, 0) is 112 Å². The SMILES string of the molecule is CCOC(=O)CN(CCO[C@H]1CC[C@@]2(C)C(=CC[C@@H]3C2CC[C@@]2(C)C3CC[C@@H]2[C@H](C)CCCC(C)C)C1)CC(=O)OCC. The van der Waals surface area contributed by atoms with Gasteiger partial charge in [-0.3, -0.25) is 14.5 Å². The van der Waals surface area contributed by atoms with Crippen LogP contribution in [-0.4, -0.2) is 62.4 Å². The monoisotopic (exact) mass is 601 g/mol. The number of carbonyl (C=O) groups is 2. The van der Waals surface area contributed by atoms with Crippen molar-refractivity contribution in [2.45, 2.75) is 125 Å². The minimum atomic E-state index is -0.320. The van der Waals surface area contributed by atoms with Crippen LogP contribution in [0.5, 0.6) is 0 Å². The van der Waals surface area contributed by atoms with Gasteiger partial charge in [-0.1, -0.05) is 65.5 Å². The Bertz CT molecular complexity index is 943. The fourth-order valence-electron chi connectivity index (χ4n) is 10.1. The molecule has 0 aromatic carbocycles. The highest BCUT2D eigenvalue weighted by Crippen LogP contribution is 2.67. The molecular formula is C37H63NO5. The summed E-state index contributed by atoms with van der Waals surface area (Å²) >= 11 is 0. The fourth-order valence-corrected chi connectivity index (χ4v) is 10.1. The van der Waals surface area contributed by atoms with Gasteiger partial charge in [0.25, 0.3) is 0 Å². The first-order chi connectivity index (χ1) is 20.5. The van der Waals surface area contributed by atoms with E-state index in [0.717, 1.165) is 48.3 Å². The van der Waals surface area contributed by atoms with Crippen molar-refractivity contribution in [2.75, 3.05) is 39.5 Å². The summed E-state index contributed by atoms with van der Waals surface area (Å²) in [6, 6.07) is 0. The number of hydrogen-bond donors (Lipinski definition) is 0. The molecule has 4 rings (SSSR count). The summed E-state index contributed by atoms with van der Waals surface area (Å²) in [6.07, 6.45) is 17.3. The molecule has 0 bridgehead atoms. The lowest BCUT2D eigenvalue weighted by Crippen LogP contribution is -2.51. The second-order valence-corrected chi connectivity index (χ2v) is 15.3. The predicted molar refractivity (Wildman–Crippen MR) is 172 cm³/mol. The average Bonchev–Trinajstić information content (AvgIpc) is 3.30. The second kappa shape index (κ2) is 15.3. The van der Waals surface area contributed by atoms with Crippen molar-refractivity contribution in [2.24, 2.45) is 46.3 Å². The van der Waals surface area contributed by atoms with Crippen LogP contribution >= 0.6 is 0 Å². The van der Waals surface area contributed by atoms with Crippen molar-refractivity contribution in [1.29, 1.82) is 0 Å². The Labute approximate surface area is 263 Å². The molecule has 8 atom stereocenters. The van der Waals surface area contributed by atoms with Gasteiger partial charge >= 0.3 is 11.9 Å². The molecule has 0 radical (unpaired) electrons. The van der Waals surface area contributed by atoms with E-state index >= 15 is 0 Å². The lowest BCUT2D eigenvalue weighted by Gasteiger charge is -2.58. The molecule has 4 aliphatic rings. The maximum Gasteiger partial charge on any atom is 0.320 e. The van der Waals surface area contributed by atoms with E-state index < -0.39 is 0 Å². The molecule has 0 aliphatic heterocycles. The highest BCUT2D eigenvalue weighted by Gasteiger charge is 2.59. The summed E-state index contributed by atoms with van der Waals surface area (Å²) in [6.45, 7) is 18.0. The fraction of sp³-hybridized carbons (Fsp3) is 0.892. The van der Waals surface area contributed by atoms with Crippen LogP contribution in [0.3, 0.4) is 0 Å². The Kier molecular flexibility index (Phi) is 12.2. The van der Waals surface area contributed by atoms with Gasteiger partial charge in [-0.15, -0.1) is 0 Å². The van der Waals surface area contributed by atoms with E-state index in [1.165, 1.54) is 57.8 Å². The third-order valence-electron chi connectivity index (χ3n) is 12.3. The van der Waals surface area contributed by atoms with Gasteiger partial charge in [-0.2, -0.15) is 0 Å². The number of hydrogen-bond acceptors (Lipinski definition) is 6. The summed E-state index contributed by atoms with van der Waals surface area (Å²) in [4.78, 5) is 26.0. The van der Waals surface area contributed by atoms with E-state index in [-0.39, 0.29) is 31.1 Å². The van der Waals surface area contributed by atoms with Crippen molar-refractivity contribution in [3.05, 3.63) is 11.6 Å². The summed E-state index contributed by atoms with van der Waals surface area (Å²) < 4.78 is 16.6. The van der Waals surface area contributed by atoms with Gasteiger partial charge in [0.1, 0.15) is 0 Å². The van der Waals surface area contributed by atoms with E-state index in [9.17, 15) is 9.59 Å². The van der Waals surface area contributed by atoms with Gasteiger partial charge in [0, 0.05) is 6.54 Å². The molecule has 0 aromatic heterocycles. The number of ether oxygens (including phenoxy) is 3. The molecule has 4 aliphatic carbocycles. The largest absolute Gasteiger partial charge is 0.465 e. The highest BCUT2D eigenvalue weighted by atomic mass is 16.5. The molecular weight excluding hydrogens is 538 g/mol. The van der Waals surface area contributed by atoms with Crippen LogP contribution in [0.25, 0.3) is 0 Å². The first-order valence-corrected chi connectivity index (χ1v) is 17.9. The Balaban J connectivity index is 1.33. The van der Waals surface area contributed by atoms with Crippen molar-refractivity contribution in [3.63, 3.8) is 0 Å². The highest BCUT2D eigenvalue weighted by molar-refractivity contribution is 5.75. The molecule has 6 heteroatoms. The van der Waals surface area contributed by atoms with E-state index in [2.05, 4.69) is 40.7 Å². The number of nitrogens with zero attached hydrogens (tertiary/aromatic N) is 1. The first-order valence-electron chi connectivity index (χ1n) is 17.9. The molecule has 0 spiro atoms. The van der Waals surface area contributed by atoms with Crippen LogP contribution < -0.4 is 0 Å². The molecule has 2 unspecified atom stereocenters. The van der Waals surface area contributed by atoms with E-state index in [4.69, 9.17) is 14.2 Å². The number of carbonyl (C=O) groups excluding carboxylic acids is 2. The summed E-state index contributed by atoms with van der Waals surface area (Å²) in [5.41, 5.74) is 2.48. The summed E-state index contributed by atoms with van der Waals surface area (Å²) in [5.74, 6) is 4.48. The van der Waals surface area contributed by atoms with Crippen LogP contribution in [-0.2, 0) is 23.8 Å². The molecule has 0 amide bonds. The lowest BCUT2D eigenvalue weighted by atomic mass is 9.47. The van der Waals surface area contributed by atoms with Crippen molar-refractivity contribution in [3.8, 4) is 0 Å². The first kappa shape index (κ1) is 34.5. The van der Waals surface area contributed by atoms with Gasteiger partial charge in [0.2, 0.25) is 0 Å². The zero-order chi connectivity index (χ0) is 31.2. The minimum absolute atomic E-state index is 0.0740. The quantitative estimate of drug-likeness (QED) is 0.141. The lowest BCUT2D eigenvalue weighted by molar-refractivity contribution is -0.148. The third-order valence-corrected chi connectivity index (χ3v) is 12.3. The molecule has 0 aromatic rings. The minimum Gasteiger partial charge on any atom is -0.465 e. The second-order valence-electron chi connectivity index (χ2n) is 15.3. The normalized spacial score (nSPS) is 34.3. The zero-order valence-corrected chi connectivity index (χ0v) is 28.6. The molecule has 0 N–H and O–H groups in total. The Morgan fingerprint density at radius 1 is 0.930 bits per heavy atom. The number of esters is 2. The van der Waals surface area contributed by atoms with Gasteiger partial charge < -0.3 is 14.2 Å². The Morgan fingerprint density at radius 3 is 2.28 bits per heavy atom. The van der Waals surface area contributed by atoms with Crippen molar-refractivity contribution < 1.29 is 23.8 Å². The van der Waals surface area contributed by atoms with E-state index in [1.807, 2.05) is 0 Å². The molecule has 0 saturated heterocycles. The zero-order valence-electron chi connectivity index (χ0n) is 28.6. The van der Waals surface area contributed by atoms with E-state index in [1.54, 1.807) is 24.3 Å². The number of fused-ring (bicyclic) bond motifs is 5. The molecule has 246 valence electrons. The van der Waals surface area contributed by atoms with Crippen LogP contribution in [0.2, 0.25) is 0 Å². The third kappa shape index (κ3) is 8.07. The predicted octanol–water partition coefficient (Wildman–Crippen LogP) is 7.84. The smallest absolute Gasteiger partial charge is 0.320 e. The molecule has 3 fully saturated rings. The molecule has 3 saturated carbocycles. The van der Waals surface area contributed by atoms with Crippen LogP contribution in [0.15, 0.2) is 11.6 Å².